The number of nitrogens with zero attached hydrogens (tertiary/aromatic N) is 5. The van der Waals surface area contributed by atoms with Gasteiger partial charge in [-0.3, -0.25) is 4.79 Å². The van der Waals surface area contributed by atoms with Gasteiger partial charge in [0.1, 0.15) is 11.5 Å². The summed E-state index contributed by atoms with van der Waals surface area (Å²) in [6.45, 7) is 4.43. The molecule has 2 aliphatic heterocycles. The fourth-order valence-electron chi connectivity index (χ4n) is 4.93. The number of anilines is 3. The van der Waals surface area contributed by atoms with E-state index < -0.39 is 0 Å². The van der Waals surface area contributed by atoms with Crippen LogP contribution in [0.4, 0.5) is 21.5 Å². The molecule has 1 aromatic heterocycles. The fourth-order valence-corrected chi connectivity index (χ4v) is 6.20. The summed E-state index contributed by atoms with van der Waals surface area (Å²) >= 11 is 7.26. The minimum atomic E-state index is -0.238. The number of benzene rings is 2. The lowest BCUT2D eigenvalue weighted by molar-refractivity contribution is 0.0741. The Bertz CT molecular complexity index is 1250. The second-order valence-electron chi connectivity index (χ2n) is 9.96. The zero-order valence-electron chi connectivity index (χ0n) is 21.8. The van der Waals surface area contributed by atoms with E-state index in [0.717, 1.165) is 66.2 Å². The van der Waals surface area contributed by atoms with Crippen molar-refractivity contribution in [3.63, 3.8) is 0 Å². The maximum absolute atomic E-state index is 13.2. The highest BCUT2D eigenvalue weighted by Crippen LogP contribution is 2.31. The van der Waals surface area contributed by atoms with Crippen molar-refractivity contribution < 1.29 is 9.18 Å². The number of rotatable bonds is 5. The van der Waals surface area contributed by atoms with Crippen LogP contribution in [0, 0.1) is 5.82 Å². The Balaban J connectivity index is 1.10. The van der Waals surface area contributed by atoms with Crippen molar-refractivity contribution in [1.29, 1.82) is 0 Å². The Morgan fingerprint density at radius 3 is 2.26 bits per heavy atom. The van der Waals surface area contributed by atoms with Gasteiger partial charge in [-0.05, 0) is 73.6 Å². The highest BCUT2D eigenvalue weighted by atomic mass is 32.1. The van der Waals surface area contributed by atoms with Gasteiger partial charge in [0.2, 0.25) is 0 Å². The first kappa shape index (κ1) is 26.4. The van der Waals surface area contributed by atoms with Crippen LogP contribution in [0.5, 0.6) is 0 Å². The number of likely N-dealkylation sites (tertiary alicyclic amines) is 1. The largest absolute Gasteiger partial charge is 0.378 e. The number of amides is 1. The molecule has 1 amide bonds. The number of thiocarbonyl (C=S) groups is 1. The number of hydrogen-bond donors (Lipinski definition) is 1. The van der Waals surface area contributed by atoms with Crippen molar-refractivity contribution in [3.8, 4) is 0 Å². The summed E-state index contributed by atoms with van der Waals surface area (Å²) < 4.78 is 13.2. The van der Waals surface area contributed by atoms with Crippen molar-refractivity contribution in [1.82, 2.24) is 14.8 Å². The van der Waals surface area contributed by atoms with Crippen molar-refractivity contribution in [2.24, 2.45) is 0 Å². The summed E-state index contributed by atoms with van der Waals surface area (Å²) in [4.78, 5) is 26.2. The van der Waals surface area contributed by atoms with Crippen molar-refractivity contribution >= 4 is 51.6 Å². The lowest BCUT2D eigenvalue weighted by Crippen LogP contribution is -2.48. The van der Waals surface area contributed by atoms with Crippen molar-refractivity contribution in [2.45, 2.75) is 18.8 Å². The summed E-state index contributed by atoms with van der Waals surface area (Å²) in [5.41, 5.74) is 3.67. The van der Waals surface area contributed by atoms with Gasteiger partial charge in [0.05, 0.1) is 5.01 Å². The third kappa shape index (κ3) is 6.07. The number of carbonyl (C=O) groups excluding carboxylic acids is 1. The maximum atomic E-state index is 13.2. The van der Waals surface area contributed by atoms with Gasteiger partial charge >= 0.3 is 0 Å². The van der Waals surface area contributed by atoms with E-state index in [4.69, 9.17) is 17.2 Å². The molecule has 200 valence electrons. The highest BCUT2D eigenvalue weighted by molar-refractivity contribution is 7.80. The Kier molecular flexibility index (Phi) is 8.09. The minimum Gasteiger partial charge on any atom is -0.378 e. The molecular weight excluding hydrogens is 519 g/mol. The van der Waals surface area contributed by atoms with E-state index in [1.165, 1.54) is 12.1 Å². The molecular formula is C28H33FN6OS2. The van der Waals surface area contributed by atoms with Crippen molar-refractivity contribution in [3.05, 3.63) is 70.4 Å². The molecule has 3 heterocycles. The molecule has 1 N–H and O–H groups in total. The molecule has 0 unspecified atom stereocenters. The smallest absolute Gasteiger partial charge is 0.273 e. The molecule has 2 saturated heterocycles. The lowest BCUT2D eigenvalue weighted by Gasteiger charge is -2.35. The topological polar surface area (TPSA) is 55.0 Å². The quantitative estimate of drug-likeness (QED) is 0.453. The van der Waals surface area contributed by atoms with E-state index in [2.05, 4.69) is 32.1 Å². The van der Waals surface area contributed by atoms with Gasteiger partial charge < -0.3 is 24.9 Å². The van der Waals surface area contributed by atoms with Crippen LogP contribution in [0.3, 0.4) is 0 Å². The summed E-state index contributed by atoms with van der Waals surface area (Å²) in [5.74, 6) is 0.0996. The number of piperidine rings is 1. The highest BCUT2D eigenvalue weighted by Gasteiger charge is 2.28. The molecule has 0 radical (unpaired) electrons. The number of thiazole rings is 1. The van der Waals surface area contributed by atoms with Crippen molar-refractivity contribution in [2.75, 3.05) is 68.5 Å². The monoisotopic (exact) mass is 552 g/mol. The van der Waals surface area contributed by atoms with E-state index in [-0.39, 0.29) is 11.7 Å². The Hall–Kier alpha value is -3.24. The average Bonchev–Trinajstić information content (AvgIpc) is 3.44. The second-order valence-corrected chi connectivity index (χ2v) is 11.2. The molecule has 0 atom stereocenters. The van der Waals surface area contributed by atoms with Crippen LogP contribution in [0.2, 0.25) is 0 Å². The van der Waals surface area contributed by atoms with Crippen LogP contribution in [-0.4, -0.2) is 79.2 Å². The zero-order valence-corrected chi connectivity index (χ0v) is 23.4. The predicted molar refractivity (Wildman–Crippen MR) is 157 cm³/mol. The second kappa shape index (κ2) is 11.7. The number of aromatic nitrogens is 1. The summed E-state index contributed by atoms with van der Waals surface area (Å²) in [6.07, 6.45) is 1.91. The van der Waals surface area contributed by atoms with Gasteiger partial charge in [0.25, 0.3) is 5.91 Å². The standard InChI is InChI=1S/C28H33FN6OS2/c1-32(2)23-9-5-22(6-10-23)30-28(37)35-13-11-20(12-14-35)26-31-25(19-38-26)27(36)34-17-15-33(16-18-34)24-7-3-21(29)4-8-24/h3-10,19-20H,11-18H2,1-2H3,(H,30,37). The molecule has 2 fully saturated rings. The normalized spacial score (nSPS) is 16.4. The van der Waals surface area contributed by atoms with Crippen LogP contribution in [0.1, 0.15) is 34.3 Å². The van der Waals surface area contributed by atoms with Crippen LogP contribution in [0.25, 0.3) is 0 Å². The van der Waals surface area contributed by atoms with Crippen LogP contribution in [-0.2, 0) is 0 Å². The van der Waals surface area contributed by atoms with E-state index >= 15 is 0 Å². The number of nitrogens with one attached hydrogen (secondary N) is 1. The molecule has 3 aromatic rings. The molecule has 5 rings (SSSR count). The summed E-state index contributed by atoms with van der Waals surface area (Å²) in [7, 11) is 4.05. The van der Waals surface area contributed by atoms with E-state index in [0.29, 0.717) is 24.7 Å². The molecule has 0 saturated carbocycles. The third-order valence-corrected chi connectivity index (χ3v) is 8.63. The molecule has 2 aromatic carbocycles. The fraction of sp³-hybridized carbons (Fsp3) is 0.393. The predicted octanol–water partition coefficient (Wildman–Crippen LogP) is 4.89. The first-order chi connectivity index (χ1) is 18.4. The zero-order chi connectivity index (χ0) is 26.6. The average molecular weight is 553 g/mol. The van der Waals surface area contributed by atoms with Gasteiger partial charge in [0, 0.05) is 81.7 Å². The van der Waals surface area contributed by atoms with Gasteiger partial charge in [-0.1, -0.05) is 0 Å². The van der Waals surface area contributed by atoms with Gasteiger partial charge in [-0.25, -0.2) is 9.37 Å². The maximum Gasteiger partial charge on any atom is 0.273 e. The number of hydrogen-bond acceptors (Lipinski definition) is 6. The van der Waals surface area contributed by atoms with Crippen LogP contribution >= 0.6 is 23.6 Å². The molecule has 10 heteroatoms. The Labute approximate surface area is 232 Å². The first-order valence-corrected chi connectivity index (χ1v) is 14.2. The van der Waals surface area contributed by atoms with Crippen LogP contribution in [0.15, 0.2) is 53.9 Å². The Morgan fingerprint density at radius 2 is 1.63 bits per heavy atom. The molecule has 0 spiro atoms. The molecule has 0 bridgehead atoms. The van der Waals surface area contributed by atoms with E-state index in [9.17, 15) is 9.18 Å². The minimum absolute atomic E-state index is 0.00523. The molecule has 2 aliphatic rings. The summed E-state index contributed by atoms with van der Waals surface area (Å²) in [6, 6.07) is 14.8. The number of carbonyl (C=O) groups is 1. The summed E-state index contributed by atoms with van der Waals surface area (Å²) in [5, 5.41) is 7.05. The van der Waals surface area contributed by atoms with E-state index in [1.807, 2.05) is 36.5 Å². The third-order valence-electron chi connectivity index (χ3n) is 7.27. The lowest BCUT2D eigenvalue weighted by atomic mass is 9.98. The SMILES string of the molecule is CN(C)c1ccc(NC(=S)N2CCC(c3nc(C(=O)N4CCN(c5ccc(F)cc5)CC4)cs3)CC2)cc1. The molecule has 0 aliphatic carbocycles. The first-order valence-electron chi connectivity index (χ1n) is 13.0. The van der Waals surface area contributed by atoms with Gasteiger partial charge in [0.15, 0.2) is 5.11 Å². The number of halogens is 1. The Morgan fingerprint density at radius 1 is 0.974 bits per heavy atom. The number of piperazine rings is 1. The van der Waals surface area contributed by atoms with Gasteiger partial charge in [-0.15, -0.1) is 11.3 Å². The van der Waals surface area contributed by atoms with Crippen LogP contribution < -0.4 is 15.1 Å². The van der Waals surface area contributed by atoms with Gasteiger partial charge in [-0.2, -0.15) is 0 Å². The van der Waals surface area contributed by atoms with E-state index in [1.54, 1.807) is 23.5 Å². The molecule has 38 heavy (non-hydrogen) atoms. The molecule has 7 nitrogen and oxygen atoms in total.